The SMILES string of the molecule is CCC(C)N(CC(C)C(=O)OC)C(=O)c1ccccc1OC. The molecular weight excluding hydrogens is 282 g/mol. The Kier molecular flexibility index (Phi) is 6.89. The molecule has 1 aromatic rings. The molecule has 0 aromatic heterocycles. The third kappa shape index (κ3) is 4.23. The number of carbonyl (C=O) groups excluding carboxylic acids is 2. The highest BCUT2D eigenvalue weighted by molar-refractivity contribution is 5.97. The average Bonchev–Trinajstić information content (AvgIpc) is 2.57. The lowest BCUT2D eigenvalue weighted by Gasteiger charge is -2.31. The predicted molar refractivity (Wildman–Crippen MR) is 85.0 cm³/mol. The second-order valence-corrected chi connectivity index (χ2v) is 5.34. The van der Waals surface area contributed by atoms with Crippen molar-refractivity contribution >= 4 is 11.9 Å². The summed E-state index contributed by atoms with van der Waals surface area (Å²) in [6, 6.07) is 7.13. The summed E-state index contributed by atoms with van der Waals surface area (Å²) in [5.74, 6) is -0.298. The van der Waals surface area contributed by atoms with Crippen LogP contribution in [0, 0.1) is 5.92 Å². The van der Waals surface area contributed by atoms with Crippen molar-refractivity contribution in [2.45, 2.75) is 33.2 Å². The molecule has 122 valence electrons. The molecule has 0 saturated carbocycles. The zero-order valence-electron chi connectivity index (χ0n) is 14.0. The highest BCUT2D eigenvalue weighted by Crippen LogP contribution is 2.22. The van der Waals surface area contributed by atoms with E-state index in [4.69, 9.17) is 9.47 Å². The van der Waals surface area contributed by atoms with Gasteiger partial charge in [-0.15, -0.1) is 0 Å². The van der Waals surface area contributed by atoms with Gasteiger partial charge in [-0.25, -0.2) is 0 Å². The van der Waals surface area contributed by atoms with Crippen molar-refractivity contribution in [1.82, 2.24) is 4.90 Å². The van der Waals surface area contributed by atoms with Crippen molar-refractivity contribution in [1.29, 1.82) is 0 Å². The van der Waals surface area contributed by atoms with Gasteiger partial charge in [-0.1, -0.05) is 26.0 Å². The molecule has 0 radical (unpaired) electrons. The first-order valence-corrected chi connectivity index (χ1v) is 7.48. The van der Waals surface area contributed by atoms with E-state index < -0.39 is 0 Å². The highest BCUT2D eigenvalue weighted by atomic mass is 16.5. The Labute approximate surface area is 132 Å². The van der Waals surface area contributed by atoms with Crippen LogP contribution < -0.4 is 4.74 Å². The molecule has 0 N–H and O–H groups in total. The summed E-state index contributed by atoms with van der Waals surface area (Å²) < 4.78 is 10.0. The van der Waals surface area contributed by atoms with Crippen LogP contribution in [0.1, 0.15) is 37.6 Å². The largest absolute Gasteiger partial charge is 0.496 e. The van der Waals surface area contributed by atoms with E-state index >= 15 is 0 Å². The van der Waals surface area contributed by atoms with Crippen molar-refractivity contribution in [3.05, 3.63) is 29.8 Å². The van der Waals surface area contributed by atoms with E-state index in [9.17, 15) is 9.59 Å². The van der Waals surface area contributed by atoms with Gasteiger partial charge in [0.25, 0.3) is 5.91 Å². The Morgan fingerprint density at radius 2 is 1.82 bits per heavy atom. The maximum atomic E-state index is 12.9. The van der Waals surface area contributed by atoms with Crippen LogP contribution in [0.5, 0.6) is 5.75 Å². The summed E-state index contributed by atoms with van der Waals surface area (Å²) in [5.41, 5.74) is 0.502. The lowest BCUT2D eigenvalue weighted by Crippen LogP contribution is -2.42. The molecule has 1 amide bonds. The molecule has 2 atom stereocenters. The molecule has 2 unspecified atom stereocenters. The van der Waals surface area contributed by atoms with Gasteiger partial charge in [-0.05, 0) is 25.5 Å². The minimum atomic E-state index is -0.377. The topological polar surface area (TPSA) is 55.8 Å². The van der Waals surface area contributed by atoms with Gasteiger partial charge in [-0.2, -0.15) is 0 Å². The van der Waals surface area contributed by atoms with E-state index in [1.807, 2.05) is 19.9 Å². The van der Waals surface area contributed by atoms with Gasteiger partial charge in [-0.3, -0.25) is 9.59 Å². The van der Waals surface area contributed by atoms with E-state index in [-0.39, 0.29) is 23.8 Å². The first-order valence-electron chi connectivity index (χ1n) is 7.48. The van der Waals surface area contributed by atoms with Gasteiger partial charge in [0.15, 0.2) is 0 Å². The van der Waals surface area contributed by atoms with E-state index in [1.165, 1.54) is 14.2 Å². The fraction of sp³-hybridized carbons (Fsp3) is 0.529. The van der Waals surface area contributed by atoms with E-state index in [1.54, 1.807) is 30.0 Å². The second kappa shape index (κ2) is 8.41. The Bertz CT molecular complexity index is 515. The Hall–Kier alpha value is -2.04. The number of carbonyl (C=O) groups is 2. The van der Waals surface area contributed by atoms with E-state index in [0.717, 1.165) is 6.42 Å². The number of para-hydroxylation sites is 1. The average molecular weight is 307 g/mol. The molecule has 1 aromatic carbocycles. The molecule has 0 spiro atoms. The smallest absolute Gasteiger partial charge is 0.310 e. The third-order valence-electron chi connectivity index (χ3n) is 3.80. The second-order valence-electron chi connectivity index (χ2n) is 5.34. The van der Waals surface area contributed by atoms with Crippen LogP contribution in [0.4, 0.5) is 0 Å². The molecule has 1 rings (SSSR count). The summed E-state index contributed by atoms with van der Waals surface area (Å²) in [6.45, 7) is 6.06. The quantitative estimate of drug-likeness (QED) is 0.727. The van der Waals surface area contributed by atoms with Crippen LogP contribution in [0.3, 0.4) is 0 Å². The fourth-order valence-corrected chi connectivity index (χ4v) is 2.23. The number of amides is 1. The highest BCUT2D eigenvalue weighted by Gasteiger charge is 2.27. The van der Waals surface area contributed by atoms with Crippen molar-refractivity contribution in [2.24, 2.45) is 5.92 Å². The number of hydrogen-bond acceptors (Lipinski definition) is 4. The summed E-state index contributed by atoms with van der Waals surface area (Å²) in [4.78, 5) is 26.2. The maximum absolute atomic E-state index is 12.9. The summed E-state index contributed by atoms with van der Waals surface area (Å²) in [6.07, 6.45) is 0.800. The molecule has 0 heterocycles. The number of nitrogens with zero attached hydrogens (tertiary/aromatic N) is 1. The van der Waals surface area contributed by atoms with Gasteiger partial charge in [0.05, 0.1) is 25.7 Å². The number of rotatable bonds is 7. The van der Waals surface area contributed by atoms with Crippen LogP contribution in [-0.4, -0.2) is 43.6 Å². The van der Waals surface area contributed by atoms with Gasteiger partial charge in [0, 0.05) is 12.6 Å². The Balaban J connectivity index is 3.06. The van der Waals surface area contributed by atoms with E-state index in [0.29, 0.717) is 17.9 Å². The Morgan fingerprint density at radius 3 is 2.36 bits per heavy atom. The summed E-state index contributed by atoms with van der Waals surface area (Å²) in [5, 5.41) is 0. The van der Waals surface area contributed by atoms with Crippen LogP contribution in [0.25, 0.3) is 0 Å². The minimum absolute atomic E-state index is 0.0181. The van der Waals surface area contributed by atoms with Crippen LogP contribution in [-0.2, 0) is 9.53 Å². The number of esters is 1. The van der Waals surface area contributed by atoms with E-state index in [2.05, 4.69) is 0 Å². The van der Waals surface area contributed by atoms with Crippen LogP contribution in [0.15, 0.2) is 24.3 Å². The Morgan fingerprint density at radius 1 is 1.18 bits per heavy atom. The number of ether oxygens (including phenoxy) is 2. The molecule has 0 bridgehead atoms. The summed E-state index contributed by atoms with van der Waals surface area (Å²) >= 11 is 0. The first-order chi connectivity index (χ1) is 10.5. The molecule has 0 saturated heterocycles. The third-order valence-corrected chi connectivity index (χ3v) is 3.80. The summed E-state index contributed by atoms with van der Waals surface area (Å²) in [7, 11) is 2.89. The lowest BCUT2D eigenvalue weighted by molar-refractivity contribution is -0.145. The van der Waals surface area contributed by atoms with Crippen molar-refractivity contribution in [3.63, 3.8) is 0 Å². The standard InChI is InChI=1S/C17H25NO4/c1-6-13(3)18(11-12(2)17(20)22-5)16(19)14-9-7-8-10-15(14)21-4/h7-10,12-13H,6,11H2,1-5H3. The molecule has 5 heteroatoms. The molecule has 0 aliphatic carbocycles. The first kappa shape index (κ1) is 18.0. The molecular formula is C17H25NO4. The van der Waals surface area contributed by atoms with Crippen LogP contribution in [0.2, 0.25) is 0 Å². The lowest BCUT2D eigenvalue weighted by atomic mass is 10.1. The predicted octanol–water partition coefficient (Wildman–Crippen LogP) is 2.75. The zero-order chi connectivity index (χ0) is 16.7. The zero-order valence-corrected chi connectivity index (χ0v) is 14.0. The maximum Gasteiger partial charge on any atom is 0.310 e. The monoisotopic (exact) mass is 307 g/mol. The number of methoxy groups -OCH3 is 2. The van der Waals surface area contributed by atoms with Gasteiger partial charge in [0.1, 0.15) is 5.75 Å². The van der Waals surface area contributed by atoms with Crippen LogP contribution >= 0.6 is 0 Å². The normalized spacial score (nSPS) is 13.1. The molecule has 0 aliphatic heterocycles. The van der Waals surface area contributed by atoms with Crippen molar-refractivity contribution in [3.8, 4) is 5.75 Å². The number of benzene rings is 1. The van der Waals surface area contributed by atoms with Gasteiger partial charge < -0.3 is 14.4 Å². The fourth-order valence-electron chi connectivity index (χ4n) is 2.23. The number of hydrogen-bond donors (Lipinski definition) is 0. The van der Waals surface area contributed by atoms with Gasteiger partial charge in [0.2, 0.25) is 0 Å². The van der Waals surface area contributed by atoms with Gasteiger partial charge >= 0.3 is 5.97 Å². The van der Waals surface area contributed by atoms with Crippen molar-refractivity contribution < 1.29 is 19.1 Å². The minimum Gasteiger partial charge on any atom is -0.496 e. The van der Waals surface area contributed by atoms with Crippen molar-refractivity contribution in [2.75, 3.05) is 20.8 Å². The molecule has 22 heavy (non-hydrogen) atoms. The molecule has 5 nitrogen and oxygen atoms in total. The molecule has 0 aliphatic rings. The molecule has 0 fully saturated rings.